The van der Waals surface area contributed by atoms with Gasteiger partial charge in [-0.3, -0.25) is 4.79 Å². The molecule has 18 heavy (non-hydrogen) atoms. The van der Waals surface area contributed by atoms with Gasteiger partial charge in [0, 0.05) is 25.2 Å². The zero-order chi connectivity index (χ0) is 13.1. The summed E-state index contributed by atoms with van der Waals surface area (Å²) in [4.78, 5) is 17.2. The molecule has 1 amide bonds. The monoisotopic (exact) mass is 253 g/mol. The Morgan fingerprint density at radius 2 is 2.17 bits per heavy atom. The van der Waals surface area contributed by atoms with E-state index in [-0.39, 0.29) is 5.92 Å². The number of hydrogen-bond acceptors (Lipinski definition) is 3. The fraction of sp³-hybridized carbons (Fsp3) is 0.929. The first-order valence-corrected chi connectivity index (χ1v) is 7.36. The number of nitrogens with zero attached hydrogens (tertiary/aromatic N) is 2. The van der Waals surface area contributed by atoms with E-state index in [1.54, 1.807) is 0 Å². The molecule has 4 heteroatoms. The summed E-state index contributed by atoms with van der Waals surface area (Å²) in [7, 11) is 2.16. The lowest BCUT2D eigenvalue weighted by molar-refractivity contribution is -0.138. The molecule has 2 heterocycles. The molecule has 0 bridgehead atoms. The second kappa shape index (κ2) is 6.02. The van der Waals surface area contributed by atoms with Crippen LogP contribution in [0.3, 0.4) is 0 Å². The van der Waals surface area contributed by atoms with Crippen molar-refractivity contribution in [2.45, 2.75) is 45.2 Å². The van der Waals surface area contributed by atoms with Crippen LogP contribution in [0.1, 0.15) is 33.1 Å². The van der Waals surface area contributed by atoms with Crippen LogP contribution < -0.4 is 5.32 Å². The summed E-state index contributed by atoms with van der Waals surface area (Å²) in [5, 5.41) is 3.39. The van der Waals surface area contributed by atoms with Gasteiger partial charge in [-0.15, -0.1) is 0 Å². The molecule has 3 atom stereocenters. The van der Waals surface area contributed by atoms with E-state index in [0.717, 1.165) is 45.4 Å². The quantitative estimate of drug-likeness (QED) is 0.795. The maximum Gasteiger partial charge on any atom is 0.227 e. The molecule has 2 aliphatic heterocycles. The van der Waals surface area contributed by atoms with Crippen LogP contribution >= 0.6 is 0 Å². The van der Waals surface area contributed by atoms with Crippen LogP contribution in [0, 0.1) is 5.92 Å². The number of carbonyl (C=O) groups excluding carboxylic acids is 1. The molecule has 0 spiro atoms. The Labute approximate surface area is 111 Å². The van der Waals surface area contributed by atoms with Gasteiger partial charge in [0.1, 0.15) is 0 Å². The van der Waals surface area contributed by atoms with Gasteiger partial charge < -0.3 is 15.1 Å². The highest BCUT2D eigenvalue weighted by Gasteiger charge is 2.35. The molecule has 4 nitrogen and oxygen atoms in total. The smallest absolute Gasteiger partial charge is 0.227 e. The first-order valence-electron chi connectivity index (χ1n) is 7.36. The third kappa shape index (κ3) is 2.86. The highest BCUT2D eigenvalue weighted by atomic mass is 16.2. The Hall–Kier alpha value is -0.610. The van der Waals surface area contributed by atoms with Crippen molar-refractivity contribution in [3.05, 3.63) is 0 Å². The van der Waals surface area contributed by atoms with Crippen LogP contribution in [0.15, 0.2) is 0 Å². The summed E-state index contributed by atoms with van der Waals surface area (Å²) in [6.07, 6.45) is 3.17. The van der Waals surface area contributed by atoms with E-state index in [4.69, 9.17) is 0 Å². The van der Waals surface area contributed by atoms with E-state index >= 15 is 0 Å². The zero-order valence-corrected chi connectivity index (χ0v) is 12.0. The van der Waals surface area contributed by atoms with Crippen LogP contribution in [0.2, 0.25) is 0 Å². The van der Waals surface area contributed by atoms with Crippen molar-refractivity contribution in [2.24, 2.45) is 5.92 Å². The Morgan fingerprint density at radius 3 is 2.78 bits per heavy atom. The molecule has 104 valence electrons. The normalized spacial score (nSPS) is 34.6. The number of amides is 1. The maximum absolute atomic E-state index is 12.7. The van der Waals surface area contributed by atoms with Gasteiger partial charge in [0.05, 0.1) is 5.92 Å². The molecule has 0 aromatic heterocycles. The van der Waals surface area contributed by atoms with Crippen LogP contribution in [0.5, 0.6) is 0 Å². The fourth-order valence-corrected chi connectivity index (χ4v) is 3.29. The molecule has 0 radical (unpaired) electrons. The maximum atomic E-state index is 12.7. The zero-order valence-electron chi connectivity index (χ0n) is 12.0. The van der Waals surface area contributed by atoms with Gasteiger partial charge in [-0.05, 0) is 46.3 Å². The van der Waals surface area contributed by atoms with Crippen molar-refractivity contribution in [3.63, 3.8) is 0 Å². The molecule has 0 aromatic carbocycles. The molecule has 2 aliphatic rings. The molecular formula is C14H27N3O. The lowest BCUT2D eigenvalue weighted by atomic mass is 9.99. The SMILES string of the molecule is CCC1CN(C)CCCN1C(=O)C1CCNC1C. The molecule has 2 fully saturated rings. The van der Waals surface area contributed by atoms with Crippen LogP contribution in [0.25, 0.3) is 0 Å². The highest BCUT2D eigenvalue weighted by molar-refractivity contribution is 5.80. The van der Waals surface area contributed by atoms with Crippen LogP contribution in [-0.2, 0) is 4.79 Å². The lowest BCUT2D eigenvalue weighted by Crippen LogP contribution is -2.47. The standard InChI is InChI=1S/C14H27N3O/c1-4-12-10-16(3)8-5-9-17(12)14(18)13-6-7-15-11(13)2/h11-13,15H,4-10H2,1-3H3. The first-order chi connectivity index (χ1) is 8.63. The highest BCUT2D eigenvalue weighted by Crippen LogP contribution is 2.22. The number of rotatable bonds is 2. The molecule has 0 saturated carbocycles. The summed E-state index contributed by atoms with van der Waals surface area (Å²) >= 11 is 0. The van der Waals surface area contributed by atoms with Crippen molar-refractivity contribution in [1.82, 2.24) is 15.1 Å². The summed E-state index contributed by atoms with van der Waals surface area (Å²) in [5.74, 6) is 0.581. The minimum atomic E-state index is 0.197. The number of nitrogens with one attached hydrogen (secondary N) is 1. The van der Waals surface area contributed by atoms with E-state index in [0.29, 0.717) is 18.0 Å². The Balaban J connectivity index is 2.06. The Morgan fingerprint density at radius 1 is 1.39 bits per heavy atom. The summed E-state index contributed by atoms with van der Waals surface area (Å²) in [5.41, 5.74) is 0. The second-order valence-corrected chi connectivity index (χ2v) is 5.85. The summed E-state index contributed by atoms with van der Waals surface area (Å²) in [6, 6.07) is 0.744. The van der Waals surface area contributed by atoms with Crippen molar-refractivity contribution in [1.29, 1.82) is 0 Å². The number of carbonyl (C=O) groups is 1. The molecule has 0 aromatic rings. The van der Waals surface area contributed by atoms with E-state index < -0.39 is 0 Å². The number of likely N-dealkylation sites (N-methyl/N-ethyl adjacent to an activating group) is 1. The van der Waals surface area contributed by atoms with Gasteiger partial charge in [-0.2, -0.15) is 0 Å². The van der Waals surface area contributed by atoms with Crippen molar-refractivity contribution in [3.8, 4) is 0 Å². The third-order valence-electron chi connectivity index (χ3n) is 4.50. The van der Waals surface area contributed by atoms with Gasteiger partial charge in [-0.25, -0.2) is 0 Å². The number of hydrogen-bond donors (Lipinski definition) is 1. The molecular weight excluding hydrogens is 226 g/mol. The Kier molecular flexibility index (Phi) is 4.62. The summed E-state index contributed by atoms with van der Waals surface area (Å²) < 4.78 is 0. The topological polar surface area (TPSA) is 35.6 Å². The predicted molar refractivity (Wildman–Crippen MR) is 73.5 cm³/mol. The van der Waals surface area contributed by atoms with E-state index in [9.17, 15) is 4.79 Å². The van der Waals surface area contributed by atoms with E-state index in [1.807, 2.05) is 0 Å². The fourth-order valence-electron chi connectivity index (χ4n) is 3.29. The average Bonchev–Trinajstić information content (AvgIpc) is 2.68. The molecule has 2 rings (SSSR count). The third-order valence-corrected chi connectivity index (χ3v) is 4.50. The van der Waals surface area contributed by atoms with Crippen molar-refractivity contribution in [2.75, 3.05) is 33.2 Å². The van der Waals surface area contributed by atoms with E-state index in [2.05, 4.69) is 36.0 Å². The molecule has 3 unspecified atom stereocenters. The van der Waals surface area contributed by atoms with Gasteiger partial charge in [-0.1, -0.05) is 6.92 Å². The van der Waals surface area contributed by atoms with Crippen LogP contribution in [-0.4, -0.2) is 61.0 Å². The largest absolute Gasteiger partial charge is 0.338 e. The van der Waals surface area contributed by atoms with E-state index in [1.165, 1.54) is 0 Å². The average molecular weight is 253 g/mol. The van der Waals surface area contributed by atoms with Gasteiger partial charge in [0.2, 0.25) is 5.91 Å². The van der Waals surface area contributed by atoms with Gasteiger partial charge in [0.25, 0.3) is 0 Å². The molecule has 2 saturated heterocycles. The Bertz CT molecular complexity index is 295. The van der Waals surface area contributed by atoms with Gasteiger partial charge >= 0.3 is 0 Å². The van der Waals surface area contributed by atoms with Gasteiger partial charge in [0.15, 0.2) is 0 Å². The van der Waals surface area contributed by atoms with Crippen molar-refractivity contribution < 1.29 is 4.79 Å². The minimum absolute atomic E-state index is 0.197. The predicted octanol–water partition coefficient (Wildman–Crippen LogP) is 0.927. The lowest BCUT2D eigenvalue weighted by Gasteiger charge is -2.33. The van der Waals surface area contributed by atoms with Crippen molar-refractivity contribution >= 4 is 5.91 Å². The summed E-state index contributed by atoms with van der Waals surface area (Å²) in [6.45, 7) is 8.39. The molecule has 1 N–H and O–H groups in total. The van der Waals surface area contributed by atoms with Crippen LogP contribution in [0.4, 0.5) is 0 Å². The molecule has 0 aliphatic carbocycles. The minimum Gasteiger partial charge on any atom is -0.338 e. The second-order valence-electron chi connectivity index (χ2n) is 5.85. The first kappa shape index (κ1) is 13.8.